The second kappa shape index (κ2) is 5.02. The third-order valence-corrected chi connectivity index (χ3v) is 2.41. The first-order valence-electron chi connectivity index (χ1n) is 5.01. The molecule has 1 aliphatic rings. The van der Waals surface area contributed by atoms with E-state index in [9.17, 15) is 0 Å². The smallest absolute Gasteiger partial charge is 0.0724 e. The van der Waals surface area contributed by atoms with Crippen LogP contribution >= 0.6 is 0 Å². The fourth-order valence-electron chi connectivity index (χ4n) is 1.57. The molecule has 0 bridgehead atoms. The number of hydrogen-bond acceptors (Lipinski definition) is 4. The normalized spacial score (nSPS) is 18.3. The highest BCUT2D eigenvalue weighted by molar-refractivity contribution is 4.94. The number of hydrogen-bond donors (Lipinski definition) is 1. The van der Waals surface area contributed by atoms with E-state index >= 15 is 0 Å². The molecule has 4 nitrogen and oxygen atoms in total. The van der Waals surface area contributed by atoms with Crippen LogP contribution in [0.25, 0.3) is 0 Å². The fourth-order valence-corrected chi connectivity index (χ4v) is 1.57. The summed E-state index contributed by atoms with van der Waals surface area (Å²) in [7, 11) is 0. The fraction of sp³-hybridized carbons (Fsp3) is 0.600. The van der Waals surface area contributed by atoms with Gasteiger partial charge in [-0.05, 0) is 12.8 Å². The number of nitrogens with zero attached hydrogens (tertiary/aromatic N) is 2. The molecule has 4 heteroatoms. The van der Waals surface area contributed by atoms with Crippen molar-refractivity contribution in [1.82, 2.24) is 15.3 Å². The molecule has 2 heterocycles. The SMILES string of the molecule is c1cnc(CNC2CCOCC2)cn1. The van der Waals surface area contributed by atoms with Crippen molar-refractivity contribution in [2.75, 3.05) is 13.2 Å². The second-order valence-electron chi connectivity index (χ2n) is 3.46. The molecule has 0 aliphatic carbocycles. The zero-order valence-electron chi connectivity index (χ0n) is 8.15. The van der Waals surface area contributed by atoms with Gasteiger partial charge in [-0.25, -0.2) is 0 Å². The van der Waals surface area contributed by atoms with Gasteiger partial charge in [0.2, 0.25) is 0 Å². The van der Waals surface area contributed by atoms with Crippen molar-refractivity contribution < 1.29 is 4.74 Å². The maximum absolute atomic E-state index is 5.28. The number of nitrogens with one attached hydrogen (secondary N) is 1. The number of ether oxygens (including phenoxy) is 1. The summed E-state index contributed by atoms with van der Waals surface area (Å²) < 4.78 is 5.28. The quantitative estimate of drug-likeness (QED) is 0.769. The largest absolute Gasteiger partial charge is 0.381 e. The van der Waals surface area contributed by atoms with E-state index in [1.807, 2.05) is 0 Å². The zero-order chi connectivity index (χ0) is 9.64. The van der Waals surface area contributed by atoms with Crippen molar-refractivity contribution in [3.8, 4) is 0 Å². The predicted octanol–water partition coefficient (Wildman–Crippen LogP) is 0.745. The first-order valence-corrected chi connectivity index (χ1v) is 5.01. The third-order valence-electron chi connectivity index (χ3n) is 2.41. The average molecular weight is 193 g/mol. The van der Waals surface area contributed by atoms with Crippen molar-refractivity contribution in [3.63, 3.8) is 0 Å². The van der Waals surface area contributed by atoms with Gasteiger partial charge in [-0.15, -0.1) is 0 Å². The molecule has 1 N–H and O–H groups in total. The van der Waals surface area contributed by atoms with Crippen LogP contribution in [0.2, 0.25) is 0 Å². The van der Waals surface area contributed by atoms with Gasteiger partial charge in [-0.1, -0.05) is 0 Å². The molecule has 0 spiro atoms. The maximum Gasteiger partial charge on any atom is 0.0724 e. The van der Waals surface area contributed by atoms with E-state index in [1.165, 1.54) is 0 Å². The Morgan fingerprint density at radius 1 is 1.36 bits per heavy atom. The van der Waals surface area contributed by atoms with E-state index in [2.05, 4.69) is 15.3 Å². The molecular formula is C10H15N3O. The minimum absolute atomic E-state index is 0.575. The minimum Gasteiger partial charge on any atom is -0.381 e. The molecule has 2 rings (SSSR count). The Balaban J connectivity index is 1.76. The lowest BCUT2D eigenvalue weighted by molar-refractivity contribution is 0.0775. The lowest BCUT2D eigenvalue weighted by Crippen LogP contribution is -2.34. The van der Waals surface area contributed by atoms with Crippen LogP contribution in [0, 0.1) is 0 Å². The standard InChI is InChI=1S/C10H15N3O/c1-5-14-6-2-9(1)13-8-10-7-11-3-4-12-10/h3-4,7,9,13H,1-2,5-6,8H2. The summed E-state index contributed by atoms with van der Waals surface area (Å²) in [5.74, 6) is 0. The average Bonchev–Trinajstić information content (AvgIpc) is 2.29. The van der Waals surface area contributed by atoms with Crippen molar-refractivity contribution in [1.29, 1.82) is 0 Å². The molecule has 1 saturated heterocycles. The molecule has 0 radical (unpaired) electrons. The summed E-state index contributed by atoms with van der Waals surface area (Å²) in [6.45, 7) is 2.55. The van der Waals surface area contributed by atoms with E-state index in [0.717, 1.165) is 38.3 Å². The number of aromatic nitrogens is 2. The Kier molecular flexibility index (Phi) is 3.43. The molecule has 76 valence electrons. The van der Waals surface area contributed by atoms with Crippen molar-refractivity contribution >= 4 is 0 Å². The van der Waals surface area contributed by atoms with Gasteiger partial charge < -0.3 is 10.1 Å². The van der Waals surface area contributed by atoms with Crippen molar-refractivity contribution in [2.24, 2.45) is 0 Å². The molecular weight excluding hydrogens is 178 g/mol. The predicted molar refractivity (Wildman–Crippen MR) is 52.7 cm³/mol. The topological polar surface area (TPSA) is 47.0 Å². The molecule has 0 unspecified atom stereocenters. The van der Waals surface area contributed by atoms with Crippen molar-refractivity contribution in [3.05, 3.63) is 24.3 Å². The molecule has 1 aromatic rings. The van der Waals surface area contributed by atoms with Crippen molar-refractivity contribution in [2.45, 2.75) is 25.4 Å². The summed E-state index contributed by atoms with van der Waals surface area (Å²) >= 11 is 0. The molecule has 0 saturated carbocycles. The molecule has 1 fully saturated rings. The van der Waals surface area contributed by atoms with Crippen LogP contribution in [0.4, 0.5) is 0 Å². The summed E-state index contributed by atoms with van der Waals surface area (Å²) in [5, 5.41) is 3.46. The van der Waals surface area contributed by atoms with Gasteiger partial charge in [0.15, 0.2) is 0 Å². The highest BCUT2D eigenvalue weighted by Gasteiger charge is 2.12. The number of rotatable bonds is 3. The Bertz CT molecular complexity index is 259. The summed E-state index contributed by atoms with van der Waals surface area (Å²) in [5.41, 5.74) is 0.999. The molecule has 0 aromatic carbocycles. The summed E-state index contributed by atoms with van der Waals surface area (Å²) in [4.78, 5) is 8.23. The molecule has 0 atom stereocenters. The Hall–Kier alpha value is -1.00. The van der Waals surface area contributed by atoms with Crippen LogP contribution in [0.1, 0.15) is 18.5 Å². The summed E-state index contributed by atoms with van der Waals surface area (Å²) in [6, 6.07) is 0.575. The van der Waals surface area contributed by atoms with Gasteiger partial charge in [0.25, 0.3) is 0 Å². The van der Waals surface area contributed by atoms with E-state index in [4.69, 9.17) is 4.74 Å². The van der Waals surface area contributed by atoms with Gasteiger partial charge in [-0.2, -0.15) is 0 Å². The first-order chi connectivity index (χ1) is 6.95. The molecule has 14 heavy (non-hydrogen) atoms. The van der Waals surface area contributed by atoms with Gasteiger partial charge in [0, 0.05) is 44.4 Å². The maximum atomic E-state index is 5.28. The second-order valence-corrected chi connectivity index (χ2v) is 3.46. The van der Waals surface area contributed by atoms with E-state index in [0.29, 0.717) is 6.04 Å². The van der Waals surface area contributed by atoms with Crippen LogP contribution in [-0.4, -0.2) is 29.2 Å². The highest BCUT2D eigenvalue weighted by atomic mass is 16.5. The van der Waals surface area contributed by atoms with Gasteiger partial charge in [0.05, 0.1) is 5.69 Å². The highest BCUT2D eigenvalue weighted by Crippen LogP contribution is 2.06. The Labute approximate surface area is 83.7 Å². The first kappa shape index (κ1) is 9.55. The van der Waals surface area contributed by atoms with Crippen LogP contribution < -0.4 is 5.32 Å². The Morgan fingerprint density at radius 2 is 2.21 bits per heavy atom. The van der Waals surface area contributed by atoms with E-state index in [-0.39, 0.29) is 0 Å². The molecule has 1 aliphatic heterocycles. The van der Waals surface area contributed by atoms with Gasteiger partial charge in [0.1, 0.15) is 0 Å². The van der Waals surface area contributed by atoms with E-state index < -0.39 is 0 Å². The zero-order valence-corrected chi connectivity index (χ0v) is 8.15. The van der Waals surface area contributed by atoms with Crippen LogP contribution in [0.3, 0.4) is 0 Å². The van der Waals surface area contributed by atoms with Crippen LogP contribution in [0.15, 0.2) is 18.6 Å². The summed E-state index contributed by atoms with van der Waals surface area (Å²) in [6.07, 6.45) is 7.41. The monoisotopic (exact) mass is 193 g/mol. The van der Waals surface area contributed by atoms with Gasteiger partial charge in [-0.3, -0.25) is 9.97 Å². The van der Waals surface area contributed by atoms with Crippen LogP contribution in [0.5, 0.6) is 0 Å². The molecule has 1 aromatic heterocycles. The third kappa shape index (κ3) is 2.75. The lowest BCUT2D eigenvalue weighted by atomic mass is 10.1. The van der Waals surface area contributed by atoms with E-state index in [1.54, 1.807) is 18.6 Å². The molecule has 0 amide bonds. The van der Waals surface area contributed by atoms with Gasteiger partial charge >= 0.3 is 0 Å². The lowest BCUT2D eigenvalue weighted by Gasteiger charge is -2.22. The minimum atomic E-state index is 0.575. The Morgan fingerprint density at radius 3 is 2.93 bits per heavy atom. The van der Waals surface area contributed by atoms with Crippen LogP contribution in [-0.2, 0) is 11.3 Å².